The lowest BCUT2D eigenvalue weighted by atomic mass is 9.79. The number of carbonyl (C=O) groups excluding carboxylic acids is 1. The summed E-state index contributed by atoms with van der Waals surface area (Å²) < 4.78 is 4.37. The van der Waals surface area contributed by atoms with Crippen LogP contribution in [-0.2, 0) is 11.2 Å². The summed E-state index contributed by atoms with van der Waals surface area (Å²) in [6.45, 7) is 12.2. The Morgan fingerprint density at radius 2 is 1.90 bits per heavy atom. The van der Waals surface area contributed by atoms with Crippen molar-refractivity contribution in [1.82, 2.24) is 24.5 Å². The van der Waals surface area contributed by atoms with Gasteiger partial charge in [-0.2, -0.15) is 0 Å². The number of aromatic nitrogens is 3. The van der Waals surface area contributed by atoms with E-state index in [2.05, 4.69) is 45.7 Å². The Morgan fingerprint density at radius 1 is 1.23 bits per heavy atom. The van der Waals surface area contributed by atoms with E-state index >= 15 is 0 Å². The molecule has 3 rings (SSSR count). The van der Waals surface area contributed by atoms with E-state index in [1.807, 2.05) is 52.5 Å². The number of nitrogens with zero attached hydrogens (tertiary/aromatic N) is 4. The number of piperidine rings is 1. The van der Waals surface area contributed by atoms with Gasteiger partial charge in [0.2, 0.25) is 5.91 Å². The molecule has 0 spiro atoms. The third kappa shape index (κ3) is 5.57. The summed E-state index contributed by atoms with van der Waals surface area (Å²) >= 11 is 0. The standard InChI is InChI=1S/C24H38N5O2/c1-7-21(28-11-9-25-17-28)12-18(2)27-10-8-19(16-27)13-22(30)26-20-14-23(3,4)29(31)24(5,6)15-20/h8-11,16-18,20-21H,7,12-15H2,1-6H3,(H,26,30)/q-1. The molecule has 172 valence electrons. The van der Waals surface area contributed by atoms with E-state index in [0.717, 1.165) is 18.4 Å². The second-order valence-electron chi connectivity index (χ2n) is 10.4. The van der Waals surface area contributed by atoms with Crippen molar-refractivity contribution in [3.05, 3.63) is 48.0 Å². The van der Waals surface area contributed by atoms with Gasteiger partial charge in [-0.1, -0.05) is 6.92 Å². The molecule has 0 radical (unpaired) electrons. The number of imidazole rings is 1. The van der Waals surface area contributed by atoms with Gasteiger partial charge in [-0.15, -0.1) is 0 Å². The van der Waals surface area contributed by atoms with Crippen molar-refractivity contribution in [3.8, 4) is 0 Å². The first-order valence-electron chi connectivity index (χ1n) is 11.4. The van der Waals surface area contributed by atoms with Gasteiger partial charge in [-0.3, -0.25) is 4.79 Å². The zero-order valence-corrected chi connectivity index (χ0v) is 19.8. The summed E-state index contributed by atoms with van der Waals surface area (Å²) in [5.41, 5.74) is 0.0485. The molecule has 1 N–H and O–H groups in total. The van der Waals surface area contributed by atoms with Crippen LogP contribution in [0.15, 0.2) is 37.2 Å². The predicted octanol–water partition coefficient (Wildman–Crippen LogP) is 4.47. The normalized spacial score (nSPS) is 21.0. The van der Waals surface area contributed by atoms with E-state index in [-0.39, 0.29) is 11.9 Å². The van der Waals surface area contributed by atoms with Crippen LogP contribution >= 0.6 is 0 Å². The Bertz CT molecular complexity index is 837. The first-order chi connectivity index (χ1) is 14.5. The van der Waals surface area contributed by atoms with Crippen molar-refractivity contribution in [2.45, 2.75) is 103 Å². The molecule has 0 aromatic carbocycles. The Hall–Kier alpha value is -2.12. The summed E-state index contributed by atoms with van der Waals surface area (Å²) in [6.07, 6.45) is 13.6. The summed E-state index contributed by atoms with van der Waals surface area (Å²) in [5.74, 6) is 0.0196. The Balaban J connectivity index is 1.56. The number of rotatable bonds is 8. The van der Waals surface area contributed by atoms with Gasteiger partial charge in [0.15, 0.2) is 0 Å². The van der Waals surface area contributed by atoms with E-state index in [1.165, 1.54) is 5.06 Å². The lowest BCUT2D eigenvalue weighted by Gasteiger charge is -2.60. The number of hydrogen-bond donors (Lipinski definition) is 1. The molecule has 1 aliphatic rings. The quantitative estimate of drug-likeness (QED) is 0.673. The number of carbonyl (C=O) groups is 1. The largest absolute Gasteiger partial charge is 0.784 e. The van der Waals surface area contributed by atoms with Crippen LogP contribution in [0.4, 0.5) is 0 Å². The van der Waals surface area contributed by atoms with E-state index in [0.29, 0.717) is 31.3 Å². The Morgan fingerprint density at radius 3 is 2.48 bits per heavy atom. The molecular weight excluding hydrogens is 390 g/mol. The van der Waals surface area contributed by atoms with Crippen molar-refractivity contribution in [2.24, 2.45) is 0 Å². The molecule has 31 heavy (non-hydrogen) atoms. The van der Waals surface area contributed by atoms with Gasteiger partial charge in [-0.25, -0.2) is 4.98 Å². The molecule has 3 heterocycles. The van der Waals surface area contributed by atoms with Crippen molar-refractivity contribution >= 4 is 5.91 Å². The number of hydrogen-bond acceptors (Lipinski definition) is 4. The van der Waals surface area contributed by atoms with Gasteiger partial charge in [0, 0.05) is 54.0 Å². The maximum atomic E-state index is 12.7. The fourth-order valence-electron chi connectivity index (χ4n) is 5.17. The fraction of sp³-hybridized carbons (Fsp3) is 0.667. The second-order valence-corrected chi connectivity index (χ2v) is 10.4. The fourth-order valence-corrected chi connectivity index (χ4v) is 5.17. The lowest BCUT2D eigenvalue weighted by molar-refractivity contribution is -0.122. The van der Waals surface area contributed by atoms with Crippen LogP contribution in [0.3, 0.4) is 0 Å². The molecule has 1 saturated heterocycles. The minimum absolute atomic E-state index is 0.0178. The van der Waals surface area contributed by atoms with Crippen LogP contribution < -0.4 is 5.32 Å². The highest BCUT2D eigenvalue weighted by molar-refractivity contribution is 5.78. The summed E-state index contributed by atoms with van der Waals surface area (Å²) in [6, 6.07) is 2.78. The molecule has 0 saturated carbocycles. The van der Waals surface area contributed by atoms with Gasteiger partial charge in [0.25, 0.3) is 0 Å². The highest BCUT2D eigenvalue weighted by Crippen LogP contribution is 2.37. The maximum Gasteiger partial charge on any atom is 0.224 e. The predicted molar refractivity (Wildman–Crippen MR) is 124 cm³/mol. The molecular formula is C24H38N5O2-. The molecule has 1 amide bonds. The number of hydroxylamine groups is 2. The lowest BCUT2D eigenvalue weighted by Crippen LogP contribution is -2.62. The molecule has 7 heteroatoms. The van der Waals surface area contributed by atoms with Crippen LogP contribution in [0.1, 0.15) is 84.9 Å². The highest BCUT2D eigenvalue weighted by atomic mass is 16.5. The average Bonchev–Trinajstić information content (AvgIpc) is 3.35. The van der Waals surface area contributed by atoms with Gasteiger partial charge < -0.3 is 24.7 Å². The third-order valence-corrected chi connectivity index (χ3v) is 6.64. The van der Waals surface area contributed by atoms with E-state index in [1.54, 1.807) is 0 Å². The van der Waals surface area contributed by atoms with Crippen LogP contribution in [-0.4, -0.2) is 42.2 Å². The summed E-state index contributed by atoms with van der Waals surface area (Å²) in [4.78, 5) is 16.9. The van der Waals surface area contributed by atoms with Crippen molar-refractivity contribution in [3.63, 3.8) is 0 Å². The SMILES string of the molecule is CCC(CC(C)n1ccc(CC(=O)NC2CC(C)(C)N([O-])C(C)(C)C2)c1)n1ccnc1. The third-order valence-electron chi connectivity index (χ3n) is 6.64. The molecule has 0 bridgehead atoms. The first-order valence-corrected chi connectivity index (χ1v) is 11.4. The Kier molecular flexibility index (Phi) is 6.96. The van der Waals surface area contributed by atoms with Gasteiger partial charge in [0.05, 0.1) is 12.7 Å². The monoisotopic (exact) mass is 428 g/mol. The van der Waals surface area contributed by atoms with Crippen LogP contribution in [0.25, 0.3) is 0 Å². The van der Waals surface area contributed by atoms with Crippen molar-refractivity contribution < 1.29 is 4.79 Å². The molecule has 2 aromatic rings. The second kappa shape index (κ2) is 9.17. The van der Waals surface area contributed by atoms with E-state index < -0.39 is 11.1 Å². The molecule has 2 aromatic heterocycles. The molecule has 1 fully saturated rings. The molecule has 2 atom stereocenters. The summed E-state index contributed by atoms with van der Waals surface area (Å²) in [7, 11) is 0. The first kappa shape index (κ1) is 23.5. The van der Waals surface area contributed by atoms with E-state index in [9.17, 15) is 10.0 Å². The van der Waals surface area contributed by atoms with Gasteiger partial charge in [-0.05, 0) is 71.9 Å². The zero-order valence-electron chi connectivity index (χ0n) is 19.8. The molecule has 1 aliphatic heterocycles. The van der Waals surface area contributed by atoms with Crippen LogP contribution in [0.2, 0.25) is 0 Å². The van der Waals surface area contributed by atoms with E-state index in [4.69, 9.17) is 0 Å². The van der Waals surface area contributed by atoms with Crippen molar-refractivity contribution in [2.75, 3.05) is 0 Å². The number of nitrogens with one attached hydrogen (secondary N) is 1. The summed E-state index contributed by atoms with van der Waals surface area (Å²) in [5, 5.41) is 16.9. The minimum Gasteiger partial charge on any atom is -0.784 e. The van der Waals surface area contributed by atoms with Gasteiger partial charge in [0.1, 0.15) is 0 Å². The number of amides is 1. The average molecular weight is 429 g/mol. The van der Waals surface area contributed by atoms with Crippen LogP contribution in [0, 0.1) is 5.21 Å². The van der Waals surface area contributed by atoms with Crippen LogP contribution in [0.5, 0.6) is 0 Å². The minimum atomic E-state index is -0.483. The highest BCUT2D eigenvalue weighted by Gasteiger charge is 2.40. The van der Waals surface area contributed by atoms with Gasteiger partial charge >= 0.3 is 0 Å². The molecule has 0 aliphatic carbocycles. The smallest absolute Gasteiger partial charge is 0.224 e. The molecule has 2 unspecified atom stereocenters. The zero-order chi connectivity index (χ0) is 22.8. The maximum absolute atomic E-state index is 12.7. The Labute approximate surface area is 186 Å². The molecule has 7 nitrogen and oxygen atoms in total. The topological polar surface area (TPSA) is 78.1 Å². The van der Waals surface area contributed by atoms with Crippen molar-refractivity contribution in [1.29, 1.82) is 0 Å².